The van der Waals surface area contributed by atoms with Gasteiger partial charge in [0.25, 0.3) is 0 Å². The summed E-state index contributed by atoms with van der Waals surface area (Å²) in [6.07, 6.45) is 0.680. The van der Waals surface area contributed by atoms with E-state index in [-0.39, 0.29) is 19.1 Å². The van der Waals surface area contributed by atoms with Gasteiger partial charge in [-0.2, -0.15) is 0 Å². The highest BCUT2D eigenvalue weighted by molar-refractivity contribution is 5.43. The van der Waals surface area contributed by atoms with Crippen molar-refractivity contribution in [2.45, 2.75) is 6.42 Å². The van der Waals surface area contributed by atoms with Crippen molar-refractivity contribution in [1.82, 2.24) is 0 Å². The predicted molar refractivity (Wildman–Crippen MR) is 80.2 cm³/mol. The minimum absolute atomic E-state index is 0.00602. The zero-order valence-corrected chi connectivity index (χ0v) is 11.3. The summed E-state index contributed by atoms with van der Waals surface area (Å²) < 4.78 is 0. The molecule has 0 aliphatic heterocycles. The van der Waals surface area contributed by atoms with Crippen molar-refractivity contribution in [2.75, 3.05) is 13.2 Å². The minimum Gasteiger partial charge on any atom is -0.396 e. The summed E-state index contributed by atoms with van der Waals surface area (Å²) in [5.41, 5.74) is 3.06. The molecule has 2 aromatic carbocycles. The average Bonchev–Trinajstić information content (AvgIpc) is 2.53. The molecule has 0 bridgehead atoms. The van der Waals surface area contributed by atoms with Crippen LogP contribution in [-0.4, -0.2) is 23.4 Å². The molecule has 0 amide bonds. The molecule has 0 saturated carbocycles. The fourth-order valence-electron chi connectivity index (χ4n) is 1.91. The highest BCUT2D eigenvalue weighted by atomic mass is 16.3. The molecule has 0 atom stereocenters. The van der Waals surface area contributed by atoms with E-state index in [9.17, 15) is 0 Å². The lowest BCUT2D eigenvalue weighted by atomic mass is 10.00. The number of hydrogen-bond acceptors (Lipinski definition) is 2. The average molecular weight is 266 g/mol. The molecule has 0 aliphatic rings. The van der Waals surface area contributed by atoms with Crippen molar-refractivity contribution in [3.05, 3.63) is 71.3 Å². The molecule has 0 radical (unpaired) electrons. The molecule has 0 heterocycles. The summed E-state index contributed by atoms with van der Waals surface area (Å²) in [5.74, 6) is 6.15. The Bertz CT molecular complexity index is 572. The first-order valence-electron chi connectivity index (χ1n) is 6.69. The Morgan fingerprint density at radius 1 is 0.750 bits per heavy atom. The van der Waals surface area contributed by atoms with Gasteiger partial charge in [-0.15, -0.1) is 0 Å². The summed E-state index contributed by atoms with van der Waals surface area (Å²) in [7, 11) is 0. The van der Waals surface area contributed by atoms with Gasteiger partial charge in [0.2, 0.25) is 0 Å². The van der Waals surface area contributed by atoms with E-state index in [2.05, 4.69) is 11.8 Å². The number of hydrogen-bond donors (Lipinski definition) is 2. The van der Waals surface area contributed by atoms with Crippen LogP contribution >= 0.6 is 0 Å². The topological polar surface area (TPSA) is 40.5 Å². The first-order chi connectivity index (χ1) is 9.81. The molecule has 2 heteroatoms. The van der Waals surface area contributed by atoms with Crippen molar-refractivity contribution in [3.8, 4) is 11.8 Å². The van der Waals surface area contributed by atoms with Crippen LogP contribution in [0.2, 0.25) is 0 Å². The molecular weight excluding hydrogens is 248 g/mol. The largest absolute Gasteiger partial charge is 0.396 e. The van der Waals surface area contributed by atoms with E-state index in [1.807, 2.05) is 54.6 Å². The lowest BCUT2D eigenvalue weighted by Crippen LogP contribution is -2.13. The van der Waals surface area contributed by atoms with Crippen LogP contribution in [0.15, 0.2) is 54.6 Å². The molecule has 2 aromatic rings. The van der Waals surface area contributed by atoms with Gasteiger partial charge in [0.15, 0.2) is 0 Å². The van der Waals surface area contributed by atoms with Gasteiger partial charge < -0.3 is 10.2 Å². The van der Waals surface area contributed by atoms with Crippen LogP contribution < -0.4 is 0 Å². The van der Waals surface area contributed by atoms with Gasteiger partial charge in [-0.3, -0.25) is 0 Å². The lowest BCUT2D eigenvalue weighted by molar-refractivity contribution is 0.150. The third kappa shape index (κ3) is 4.24. The molecule has 2 rings (SSSR count). The van der Waals surface area contributed by atoms with E-state index >= 15 is 0 Å². The molecular formula is C18H18O2. The molecule has 0 spiro atoms. The van der Waals surface area contributed by atoms with Crippen molar-refractivity contribution in [1.29, 1.82) is 0 Å². The van der Waals surface area contributed by atoms with Crippen LogP contribution in [-0.2, 0) is 6.42 Å². The Labute approximate surface area is 119 Å². The molecule has 20 heavy (non-hydrogen) atoms. The SMILES string of the molecule is OCC(CO)Cc1ccc(C#Cc2ccccc2)cc1. The molecule has 0 fully saturated rings. The Morgan fingerprint density at radius 3 is 1.85 bits per heavy atom. The third-order valence-electron chi connectivity index (χ3n) is 3.12. The normalized spacial score (nSPS) is 10.2. The van der Waals surface area contributed by atoms with Gasteiger partial charge in [0, 0.05) is 30.3 Å². The van der Waals surface area contributed by atoms with Crippen LogP contribution in [0.5, 0.6) is 0 Å². The molecule has 0 unspecified atom stereocenters. The Balaban J connectivity index is 2.04. The minimum atomic E-state index is -0.0868. The Kier molecular flexibility index (Phi) is 5.37. The maximum Gasteiger partial charge on any atom is 0.0484 e. The Hall–Kier alpha value is -2.08. The molecule has 102 valence electrons. The summed E-state index contributed by atoms with van der Waals surface area (Å²) in [6, 6.07) is 17.8. The van der Waals surface area contributed by atoms with Crippen molar-refractivity contribution >= 4 is 0 Å². The molecule has 2 nitrogen and oxygen atoms in total. The number of aliphatic hydroxyl groups excluding tert-OH is 2. The summed E-state index contributed by atoms with van der Waals surface area (Å²) in [6.45, 7) is 0.0120. The van der Waals surface area contributed by atoms with Crippen molar-refractivity contribution in [3.63, 3.8) is 0 Å². The lowest BCUT2D eigenvalue weighted by Gasteiger charge is -2.10. The second kappa shape index (κ2) is 7.49. The van der Waals surface area contributed by atoms with E-state index in [1.165, 1.54) is 0 Å². The molecule has 2 N–H and O–H groups in total. The van der Waals surface area contributed by atoms with Gasteiger partial charge in [-0.1, -0.05) is 42.2 Å². The first-order valence-corrected chi connectivity index (χ1v) is 6.69. The smallest absolute Gasteiger partial charge is 0.0484 e. The van der Waals surface area contributed by atoms with Gasteiger partial charge in [0.1, 0.15) is 0 Å². The first kappa shape index (κ1) is 14.3. The fraction of sp³-hybridized carbons (Fsp3) is 0.222. The van der Waals surface area contributed by atoms with Crippen LogP contribution in [0.3, 0.4) is 0 Å². The van der Waals surface area contributed by atoms with Crippen molar-refractivity contribution < 1.29 is 10.2 Å². The van der Waals surface area contributed by atoms with E-state index in [0.29, 0.717) is 6.42 Å². The van der Waals surface area contributed by atoms with E-state index in [0.717, 1.165) is 16.7 Å². The van der Waals surface area contributed by atoms with Gasteiger partial charge in [-0.05, 0) is 36.2 Å². The monoisotopic (exact) mass is 266 g/mol. The second-order valence-corrected chi connectivity index (χ2v) is 4.75. The maximum atomic E-state index is 9.07. The standard InChI is InChI=1S/C18H18O2/c19-13-18(14-20)12-17-10-8-16(9-11-17)7-6-15-4-2-1-3-5-15/h1-5,8-11,18-20H,12-14H2. The highest BCUT2D eigenvalue weighted by Crippen LogP contribution is 2.10. The Morgan fingerprint density at radius 2 is 1.30 bits per heavy atom. The predicted octanol–water partition coefficient (Wildman–Crippen LogP) is 2.23. The van der Waals surface area contributed by atoms with Gasteiger partial charge in [0.05, 0.1) is 0 Å². The number of aliphatic hydroxyl groups is 2. The van der Waals surface area contributed by atoms with Gasteiger partial charge in [-0.25, -0.2) is 0 Å². The zero-order valence-electron chi connectivity index (χ0n) is 11.3. The zero-order chi connectivity index (χ0) is 14.2. The maximum absolute atomic E-state index is 9.07. The number of rotatable bonds is 4. The second-order valence-electron chi connectivity index (χ2n) is 4.75. The van der Waals surface area contributed by atoms with Gasteiger partial charge >= 0.3 is 0 Å². The molecule has 0 aromatic heterocycles. The molecule has 0 saturated heterocycles. The summed E-state index contributed by atoms with van der Waals surface area (Å²) >= 11 is 0. The van der Waals surface area contributed by atoms with Crippen LogP contribution in [0.25, 0.3) is 0 Å². The van der Waals surface area contributed by atoms with E-state index in [4.69, 9.17) is 10.2 Å². The highest BCUT2D eigenvalue weighted by Gasteiger charge is 2.06. The van der Waals surface area contributed by atoms with Crippen LogP contribution in [0.1, 0.15) is 16.7 Å². The molecule has 0 aliphatic carbocycles. The third-order valence-corrected chi connectivity index (χ3v) is 3.12. The van der Waals surface area contributed by atoms with E-state index in [1.54, 1.807) is 0 Å². The summed E-state index contributed by atoms with van der Waals surface area (Å²) in [4.78, 5) is 0. The number of benzene rings is 2. The van der Waals surface area contributed by atoms with Crippen LogP contribution in [0.4, 0.5) is 0 Å². The van der Waals surface area contributed by atoms with Crippen LogP contribution in [0, 0.1) is 17.8 Å². The van der Waals surface area contributed by atoms with Crippen molar-refractivity contribution in [2.24, 2.45) is 5.92 Å². The quantitative estimate of drug-likeness (QED) is 0.833. The van der Waals surface area contributed by atoms with E-state index < -0.39 is 0 Å². The summed E-state index contributed by atoms with van der Waals surface area (Å²) in [5, 5.41) is 18.1. The fourth-order valence-corrected chi connectivity index (χ4v) is 1.91.